The number of sulfonamides is 1. The summed E-state index contributed by atoms with van der Waals surface area (Å²) in [5.74, 6) is 0.815. The summed E-state index contributed by atoms with van der Waals surface area (Å²) in [6.07, 6.45) is 1.77. The highest BCUT2D eigenvalue weighted by Gasteiger charge is 2.13. The van der Waals surface area contributed by atoms with Crippen LogP contribution in [0.4, 0.5) is 22.1 Å². The molecule has 39 heavy (non-hydrogen) atoms. The number of nitrogens with one attached hydrogen (secondary N) is 3. The number of para-hydroxylation sites is 1. The van der Waals surface area contributed by atoms with Gasteiger partial charge in [-0.15, -0.1) is 0 Å². The lowest BCUT2D eigenvalue weighted by Crippen LogP contribution is -2.27. The smallest absolute Gasteiger partial charge is 0.410 e. The van der Waals surface area contributed by atoms with Crippen LogP contribution in [0.25, 0.3) is 11.3 Å². The molecule has 0 unspecified atom stereocenters. The zero-order chi connectivity index (χ0) is 27.7. The molecule has 1 heterocycles. The monoisotopic (exact) mass is 546 g/mol. The summed E-state index contributed by atoms with van der Waals surface area (Å²) >= 11 is 0. The number of carbonyl (C=O) groups is 1. The maximum absolute atomic E-state index is 12.5. The molecule has 0 atom stereocenters. The summed E-state index contributed by atoms with van der Waals surface area (Å²) in [6, 6.07) is 24.2. The van der Waals surface area contributed by atoms with E-state index in [1.807, 2.05) is 37.2 Å². The third-order valence-electron chi connectivity index (χ3n) is 5.53. The highest BCUT2D eigenvalue weighted by Crippen LogP contribution is 2.22. The van der Waals surface area contributed by atoms with E-state index in [1.165, 1.54) is 12.1 Å². The average Bonchev–Trinajstić information content (AvgIpc) is 2.92. The Bertz CT molecular complexity index is 1480. The van der Waals surface area contributed by atoms with E-state index in [9.17, 15) is 13.2 Å². The quantitative estimate of drug-likeness (QED) is 0.231. The average molecular weight is 547 g/mol. The first-order valence-corrected chi connectivity index (χ1v) is 13.8. The van der Waals surface area contributed by atoms with E-state index in [4.69, 9.17) is 4.74 Å². The molecule has 0 radical (unpaired) electrons. The van der Waals surface area contributed by atoms with Crippen molar-refractivity contribution in [2.24, 2.45) is 0 Å². The number of hydrogen-bond donors (Lipinski definition) is 3. The van der Waals surface area contributed by atoms with Crippen molar-refractivity contribution in [2.75, 3.05) is 37.8 Å². The number of ether oxygens (including phenoxy) is 1. The zero-order valence-corrected chi connectivity index (χ0v) is 22.5. The molecule has 0 bridgehead atoms. The minimum atomic E-state index is -3.58. The molecule has 0 spiro atoms. The van der Waals surface area contributed by atoms with E-state index in [1.54, 1.807) is 60.8 Å². The van der Waals surface area contributed by atoms with Crippen LogP contribution < -0.4 is 20.1 Å². The Morgan fingerprint density at radius 2 is 1.59 bits per heavy atom. The van der Waals surface area contributed by atoms with Gasteiger partial charge in [-0.2, -0.15) is 0 Å². The van der Waals surface area contributed by atoms with Crippen LogP contribution in [-0.4, -0.2) is 56.6 Å². The molecule has 202 valence electrons. The minimum Gasteiger partial charge on any atom is -0.410 e. The summed E-state index contributed by atoms with van der Waals surface area (Å²) in [6.45, 7) is 1.17. The van der Waals surface area contributed by atoms with Gasteiger partial charge >= 0.3 is 6.09 Å². The summed E-state index contributed by atoms with van der Waals surface area (Å²) in [7, 11) is 0.311. The molecule has 0 aliphatic heterocycles. The molecule has 11 heteroatoms. The first-order chi connectivity index (χ1) is 18.8. The third kappa shape index (κ3) is 8.34. The van der Waals surface area contributed by atoms with Gasteiger partial charge in [0.15, 0.2) is 0 Å². The number of rotatable bonds is 11. The van der Waals surface area contributed by atoms with Crippen molar-refractivity contribution in [2.45, 2.75) is 11.3 Å². The van der Waals surface area contributed by atoms with Gasteiger partial charge in [-0.3, -0.25) is 5.32 Å². The molecule has 1 aromatic heterocycles. The van der Waals surface area contributed by atoms with Gasteiger partial charge in [0.05, 0.1) is 10.6 Å². The molecular formula is C28H30N6O4S. The van der Waals surface area contributed by atoms with Crippen LogP contribution in [0.1, 0.15) is 6.42 Å². The normalized spacial score (nSPS) is 11.3. The number of carbonyl (C=O) groups excluding carboxylic acids is 1. The summed E-state index contributed by atoms with van der Waals surface area (Å²) in [5.41, 5.74) is 2.72. The molecular weight excluding hydrogens is 516 g/mol. The maximum atomic E-state index is 12.5. The van der Waals surface area contributed by atoms with E-state index in [2.05, 4.69) is 25.3 Å². The number of aromatic nitrogens is 2. The fourth-order valence-corrected chi connectivity index (χ4v) is 4.65. The first-order valence-electron chi connectivity index (χ1n) is 12.3. The van der Waals surface area contributed by atoms with Gasteiger partial charge < -0.3 is 15.0 Å². The van der Waals surface area contributed by atoms with Gasteiger partial charge in [0, 0.05) is 29.7 Å². The molecule has 10 nitrogen and oxygen atoms in total. The lowest BCUT2D eigenvalue weighted by Gasteiger charge is -2.11. The molecule has 0 fully saturated rings. The largest absolute Gasteiger partial charge is 0.417 e. The molecule has 1 amide bonds. The number of hydrogen-bond acceptors (Lipinski definition) is 8. The molecule has 4 aromatic rings. The lowest BCUT2D eigenvalue weighted by atomic mass is 10.1. The van der Waals surface area contributed by atoms with Gasteiger partial charge in [-0.05, 0) is 81.7 Å². The second kappa shape index (κ2) is 13.0. The fourth-order valence-electron chi connectivity index (χ4n) is 3.57. The minimum absolute atomic E-state index is 0.189. The molecule has 3 aromatic carbocycles. The van der Waals surface area contributed by atoms with Crippen molar-refractivity contribution < 1.29 is 17.9 Å². The number of benzene rings is 3. The first kappa shape index (κ1) is 27.7. The van der Waals surface area contributed by atoms with E-state index in [0.29, 0.717) is 35.3 Å². The van der Waals surface area contributed by atoms with Gasteiger partial charge in [-0.1, -0.05) is 30.3 Å². The molecule has 0 aliphatic rings. The van der Waals surface area contributed by atoms with E-state index in [-0.39, 0.29) is 4.90 Å². The standard InChI is InChI=1S/C28H30N6O4S/c1-34(2)20-6-18-30-39(36,37)25-15-13-22(14-16-25)31-27-29-19-17-26(33-27)21-9-11-23(12-10-21)32-28(35)38-24-7-4-3-5-8-24/h3-5,7-17,19,30H,6,18,20H2,1-2H3,(H,32,35)(H,29,31,33). The van der Waals surface area contributed by atoms with Gasteiger partial charge in [0.25, 0.3) is 0 Å². The summed E-state index contributed by atoms with van der Waals surface area (Å²) in [5, 5.41) is 5.79. The van der Waals surface area contributed by atoms with E-state index >= 15 is 0 Å². The lowest BCUT2D eigenvalue weighted by molar-refractivity contribution is 0.215. The molecule has 3 N–H and O–H groups in total. The van der Waals surface area contributed by atoms with E-state index in [0.717, 1.165) is 18.5 Å². The Balaban J connectivity index is 1.35. The van der Waals surface area contributed by atoms with Crippen molar-refractivity contribution in [3.8, 4) is 17.0 Å². The van der Waals surface area contributed by atoms with Gasteiger partial charge in [0.2, 0.25) is 16.0 Å². The fraction of sp³-hybridized carbons (Fsp3) is 0.179. The summed E-state index contributed by atoms with van der Waals surface area (Å²) in [4.78, 5) is 23.1. The van der Waals surface area contributed by atoms with Crippen LogP contribution in [0.3, 0.4) is 0 Å². The highest BCUT2D eigenvalue weighted by molar-refractivity contribution is 7.89. The number of amides is 1. The van der Waals surface area contributed by atoms with Crippen LogP contribution >= 0.6 is 0 Å². The molecule has 0 saturated heterocycles. The number of anilines is 3. The second-order valence-electron chi connectivity index (χ2n) is 8.87. The topological polar surface area (TPSA) is 126 Å². The van der Waals surface area contributed by atoms with Crippen molar-refractivity contribution in [1.82, 2.24) is 19.6 Å². The predicted octanol–water partition coefficient (Wildman–Crippen LogP) is 4.73. The van der Waals surface area contributed by atoms with Gasteiger partial charge in [0.1, 0.15) is 5.75 Å². The van der Waals surface area contributed by atoms with Crippen LogP contribution in [0.2, 0.25) is 0 Å². The van der Waals surface area contributed by atoms with Crippen LogP contribution in [-0.2, 0) is 10.0 Å². The highest BCUT2D eigenvalue weighted by atomic mass is 32.2. The van der Waals surface area contributed by atoms with Crippen LogP contribution in [0, 0.1) is 0 Å². The Morgan fingerprint density at radius 3 is 2.28 bits per heavy atom. The van der Waals surface area contributed by atoms with Crippen molar-refractivity contribution in [3.63, 3.8) is 0 Å². The SMILES string of the molecule is CN(C)CCCNS(=O)(=O)c1ccc(Nc2nccc(-c3ccc(NC(=O)Oc4ccccc4)cc3)n2)cc1. The Labute approximate surface area is 228 Å². The molecule has 4 rings (SSSR count). The van der Waals surface area contributed by atoms with Crippen molar-refractivity contribution in [1.29, 1.82) is 0 Å². The Kier molecular flexibility index (Phi) is 9.21. The summed E-state index contributed by atoms with van der Waals surface area (Å²) < 4.78 is 32.9. The van der Waals surface area contributed by atoms with Crippen molar-refractivity contribution in [3.05, 3.63) is 91.1 Å². The second-order valence-corrected chi connectivity index (χ2v) is 10.6. The van der Waals surface area contributed by atoms with E-state index < -0.39 is 16.1 Å². The van der Waals surface area contributed by atoms with Gasteiger partial charge in [-0.25, -0.2) is 27.9 Å². The number of nitrogens with zero attached hydrogens (tertiary/aromatic N) is 3. The van der Waals surface area contributed by atoms with Crippen LogP contribution in [0.15, 0.2) is 96.0 Å². The maximum Gasteiger partial charge on any atom is 0.417 e. The Morgan fingerprint density at radius 1 is 0.897 bits per heavy atom. The Hall–Kier alpha value is -4.32. The molecule has 0 aliphatic carbocycles. The van der Waals surface area contributed by atoms with Crippen molar-refractivity contribution >= 4 is 33.4 Å². The molecule has 0 saturated carbocycles. The predicted molar refractivity (Wildman–Crippen MR) is 152 cm³/mol. The zero-order valence-electron chi connectivity index (χ0n) is 21.7. The van der Waals surface area contributed by atoms with Crippen LogP contribution in [0.5, 0.6) is 5.75 Å². The third-order valence-corrected chi connectivity index (χ3v) is 7.01.